The van der Waals surface area contributed by atoms with Gasteiger partial charge in [-0.15, -0.1) is 12.4 Å². The molecule has 1 aromatic carbocycles. The van der Waals surface area contributed by atoms with Gasteiger partial charge in [0.15, 0.2) is 17.3 Å². The van der Waals surface area contributed by atoms with E-state index < -0.39 is 22.8 Å². The first-order chi connectivity index (χ1) is 15.3. The van der Waals surface area contributed by atoms with Gasteiger partial charge in [0.25, 0.3) is 0 Å². The summed E-state index contributed by atoms with van der Waals surface area (Å²) in [6, 6.07) is 7.17. The number of carbonyl (C=O) groups is 1. The van der Waals surface area contributed by atoms with Gasteiger partial charge in [-0.2, -0.15) is 0 Å². The number of nitrogens with zero attached hydrogens (tertiary/aromatic N) is 3. The van der Waals surface area contributed by atoms with Gasteiger partial charge in [0.2, 0.25) is 5.43 Å². The van der Waals surface area contributed by atoms with Crippen molar-refractivity contribution in [3.63, 3.8) is 0 Å². The monoisotopic (exact) mass is 474 g/mol. The maximum atomic E-state index is 15.2. The van der Waals surface area contributed by atoms with Gasteiger partial charge in [-0.25, -0.2) is 14.2 Å². The quantitative estimate of drug-likeness (QED) is 0.533. The number of benzene rings is 1. The molecule has 1 saturated heterocycles. The zero-order chi connectivity index (χ0) is 22.6. The van der Waals surface area contributed by atoms with Crippen LogP contribution in [0.3, 0.4) is 0 Å². The molecule has 1 aliphatic heterocycles. The Morgan fingerprint density at radius 2 is 1.91 bits per heavy atom. The van der Waals surface area contributed by atoms with E-state index in [4.69, 9.17) is 5.73 Å². The van der Waals surface area contributed by atoms with Crippen molar-refractivity contribution in [3.8, 4) is 11.4 Å². The first kappa shape index (κ1) is 23.0. The molecule has 4 N–H and O–H groups in total. The predicted octanol–water partition coefficient (Wildman–Crippen LogP) is 2.91. The number of fused-ring (bicyclic) bond motifs is 2. The average Bonchev–Trinajstić information content (AvgIpc) is 3.20. The van der Waals surface area contributed by atoms with Crippen molar-refractivity contribution < 1.29 is 19.4 Å². The number of halogens is 2. The summed E-state index contributed by atoms with van der Waals surface area (Å²) in [5.41, 5.74) is 5.66. The maximum Gasteiger partial charge on any atom is 0.341 e. The largest absolute Gasteiger partial charge is 0.508 e. The lowest BCUT2D eigenvalue weighted by atomic mass is 9.78. The number of pyridine rings is 2. The molecule has 10 heteroatoms. The highest BCUT2D eigenvalue weighted by Crippen LogP contribution is 2.38. The molecule has 0 spiro atoms. The number of nitrogens with two attached hydrogens (primary N) is 1. The van der Waals surface area contributed by atoms with Crippen molar-refractivity contribution in [2.45, 2.75) is 25.3 Å². The molecule has 2 aromatic heterocycles. The smallest absolute Gasteiger partial charge is 0.341 e. The molecule has 8 nitrogen and oxygen atoms in total. The van der Waals surface area contributed by atoms with Crippen molar-refractivity contribution in [2.75, 3.05) is 18.0 Å². The summed E-state index contributed by atoms with van der Waals surface area (Å²) >= 11 is 0. The van der Waals surface area contributed by atoms with E-state index in [-0.39, 0.29) is 47.0 Å². The Labute approximate surface area is 194 Å². The average molecular weight is 475 g/mol. The Balaban J connectivity index is 0.00000259. The van der Waals surface area contributed by atoms with Crippen LogP contribution in [0.5, 0.6) is 5.75 Å². The van der Waals surface area contributed by atoms with E-state index in [1.807, 2.05) is 4.90 Å². The molecule has 3 aromatic rings. The zero-order valence-electron chi connectivity index (χ0n) is 17.6. The van der Waals surface area contributed by atoms with Gasteiger partial charge in [-0.05, 0) is 55.0 Å². The molecule has 2 fully saturated rings. The summed E-state index contributed by atoms with van der Waals surface area (Å²) in [7, 11) is 0. The van der Waals surface area contributed by atoms with E-state index >= 15 is 4.39 Å². The van der Waals surface area contributed by atoms with Gasteiger partial charge < -0.3 is 25.4 Å². The number of carboxylic acids is 1. The Morgan fingerprint density at radius 3 is 2.58 bits per heavy atom. The first-order valence-electron chi connectivity index (χ1n) is 10.6. The second-order valence-electron chi connectivity index (χ2n) is 8.65. The molecule has 3 atom stereocenters. The summed E-state index contributed by atoms with van der Waals surface area (Å²) < 4.78 is 16.6. The van der Waals surface area contributed by atoms with E-state index in [9.17, 15) is 19.8 Å². The lowest BCUT2D eigenvalue weighted by Gasteiger charge is -2.29. The van der Waals surface area contributed by atoms with E-state index in [2.05, 4.69) is 4.98 Å². The van der Waals surface area contributed by atoms with Crippen LogP contribution >= 0.6 is 12.4 Å². The van der Waals surface area contributed by atoms with Gasteiger partial charge in [0.1, 0.15) is 11.3 Å². The number of hydrogen-bond donors (Lipinski definition) is 3. The summed E-state index contributed by atoms with van der Waals surface area (Å²) in [6.07, 6.45) is 4.25. The van der Waals surface area contributed by atoms with Crippen LogP contribution in [0, 0.1) is 17.7 Å². The molecule has 3 heterocycles. The van der Waals surface area contributed by atoms with Gasteiger partial charge in [-0.1, -0.05) is 6.42 Å². The Kier molecular flexibility index (Phi) is 6.02. The molecular formula is C23H24ClFN4O4. The van der Waals surface area contributed by atoms with Crippen LogP contribution in [0.25, 0.3) is 16.7 Å². The van der Waals surface area contributed by atoms with Crippen LogP contribution < -0.4 is 16.1 Å². The molecule has 0 bridgehead atoms. The van der Waals surface area contributed by atoms with Gasteiger partial charge in [-0.3, -0.25) is 4.79 Å². The molecule has 5 rings (SSSR count). The van der Waals surface area contributed by atoms with E-state index in [0.717, 1.165) is 25.3 Å². The lowest BCUT2D eigenvalue weighted by Crippen LogP contribution is -2.38. The minimum Gasteiger partial charge on any atom is -0.508 e. The third-order valence-corrected chi connectivity index (χ3v) is 6.72. The molecule has 1 saturated carbocycles. The van der Waals surface area contributed by atoms with Gasteiger partial charge >= 0.3 is 5.97 Å². The Hall–Kier alpha value is -3.17. The topological polar surface area (TPSA) is 122 Å². The zero-order valence-corrected chi connectivity index (χ0v) is 18.5. The molecule has 174 valence electrons. The van der Waals surface area contributed by atoms with Crippen LogP contribution in [0.15, 0.2) is 41.3 Å². The third-order valence-electron chi connectivity index (χ3n) is 6.72. The van der Waals surface area contributed by atoms with Crippen molar-refractivity contribution in [3.05, 3.63) is 58.1 Å². The maximum absolute atomic E-state index is 15.2. The summed E-state index contributed by atoms with van der Waals surface area (Å²) in [4.78, 5) is 30.8. The molecular weight excluding hydrogens is 451 g/mol. The number of phenols is 1. The fourth-order valence-corrected chi connectivity index (χ4v) is 5.09. The number of rotatable bonds is 3. The fourth-order valence-electron chi connectivity index (χ4n) is 5.09. The van der Waals surface area contributed by atoms with Crippen molar-refractivity contribution in [2.24, 2.45) is 17.6 Å². The van der Waals surface area contributed by atoms with E-state index in [1.165, 1.54) is 22.9 Å². The molecule has 0 radical (unpaired) electrons. The first-order valence-corrected chi connectivity index (χ1v) is 10.6. The molecule has 0 amide bonds. The summed E-state index contributed by atoms with van der Waals surface area (Å²) in [5, 5.41) is 19.0. The van der Waals surface area contributed by atoms with Crippen molar-refractivity contribution >= 4 is 35.2 Å². The Bertz CT molecular complexity index is 1280. The highest BCUT2D eigenvalue weighted by atomic mass is 35.5. The molecule has 2 aliphatic rings. The highest BCUT2D eigenvalue weighted by molar-refractivity contribution is 5.92. The lowest BCUT2D eigenvalue weighted by molar-refractivity contribution is 0.0695. The van der Waals surface area contributed by atoms with Crippen molar-refractivity contribution in [1.29, 1.82) is 0 Å². The minimum absolute atomic E-state index is 0. The highest BCUT2D eigenvalue weighted by Gasteiger charge is 2.40. The second-order valence-corrected chi connectivity index (χ2v) is 8.65. The van der Waals surface area contributed by atoms with E-state index in [0.29, 0.717) is 24.7 Å². The Morgan fingerprint density at radius 1 is 1.18 bits per heavy atom. The number of anilines is 1. The van der Waals surface area contributed by atoms with Crippen LogP contribution in [-0.2, 0) is 0 Å². The summed E-state index contributed by atoms with van der Waals surface area (Å²) in [5.74, 6) is -1.26. The normalized spacial score (nSPS) is 22.1. The number of aromatic hydroxyl groups is 1. The van der Waals surface area contributed by atoms with Gasteiger partial charge in [0.05, 0.1) is 5.39 Å². The fraction of sp³-hybridized carbons (Fsp3) is 0.348. The third kappa shape index (κ3) is 3.91. The molecule has 33 heavy (non-hydrogen) atoms. The van der Waals surface area contributed by atoms with E-state index in [1.54, 1.807) is 12.1 Å². The number of carboxylic acid groups (broad SMARTS) is 1. The second kappa shape index (κ2) is 8.64. The SMILES string of the molecule is Cl.N[C@@H]1CCC[C@@H]2CN(c3nc4c(cc3F)c(=O)c(C(=O)O)cn4-c3ccc(O)cc3)C[C@@H]21. The van der Waals surface area contributed by atoms with Crippen LogP contribution in [0.1, 0.15) is 29.6 Å². The minimum atomic E-state index is -1.41. The number of phenolic OH excluding ortho intramolecular Hbond substituents is 1. The van der Waals surface area contributed by atoms with Crippen molar-refractivity contribution in [1.82, 2.24) is 9.55 Å². The molecule has 0 unspecified atom stereocenters. The standard InChI is InChI=1S/C23H23FN4O4.ClH/c24-18-8-15-20(30)17(23(31)32)11-28(13-4-6-14(29)7-5-13)21(15)26-22(18)27-9-12-2-1-3-19(25)16(12)10-27;/h4-8,11-12,16,19,29H,1-3,9-10,25H2,(H,31,32);1H/t12-,16+,19-;/m1./s1. The van der Waals surface area contributed by atoms with Crippen LogP contribution in [0.2, 0.25) is 0 Å². The predicted molar refractivity (Wildman–Crippen MR) is 124 cm³/mol. The van der Waals surface area contributed by atoms with Crippen LogP contribution in [0.4, 0.5) is 10.2 Å². The van der Waals surface area contributed by atoms with Gasteiger partial charge in [0, 0.05) is 31.0 Å². The molecule has 1 aliphatic carbocycles. The van der Waals surface area contributed by atoms with Crippen LogP contribution in [-0.4, -0.2) is 44.9 Å². The summed E-state index contributed by atoms with van der Waals surface area (Å²) in [6.45, 7) is 1.24. The number of aromatic nitrogens is 2. The number of hydrogen-bond acceptors (Lipinski definition) is 6. The number of aromatic carboxylic acids is 1.